The van der Waals surface area contributed by atoms with Gasteiger partial charge in [-0.2, -0.15) is 0 Å². The molecular formula is C20H41NaO4S. The minimum absolute atomic E-state index is 0. The normalized spacial score (nSPS) is 14.0. The van der Waals surface area contributed by atoms with Crippen LogP contribution < -0.4 is 29.6 Å². The first kappa shape index (κ1) is 29.1. The average Bonchev–Trinajstić information content (AvgIpc) is 2.56. The summed E-state index contributed by atoms with van der Waals surface area (Å²) in [6, 6.07) is 0. The minimum atomic E-state index is -4.15. The molecule has 26 heavy (non-hydrogen) atoms. The molecule has 0 aliphatic carbocycles. The Labute approximate surface area is 185 Å². The van der Waals surface area contributed by atoms with Crippen LogP contribution in [0.4, 0.5) is 0 Å². The summed E-state index contributed by atoms with van der Waals surface area (Å²) in [4.78, 5) is 0. The van der Waals surface area contributed by atoms with Crippen LogP contribution in [0.15, 0.2) is 0 Å². The van der Waals surface area contributed by atoms with Crippen molar-refractivity contribution in [3.63, 3.8) is 0 Å². The molecule has 0 aromatic rings. The Balaban J connectivity index is 0. The Morgan fingerprint density at radius 2 is 1.12 bits per heavy atom. The molecule has 0 fully saturated rings. The second-order valence-electron chi connectivity index (χ2n) is 7.43. The second-order valence-corrected chi connectivity index (χ2v) is 9.08. The molecule has 0 saturated carbocycles. The Morgan fingerprint density at radius 1 is 0.731 bits per heavy atom. The SMILES string of the molecule is CCCCCCCC(CCCCCCCCCC(O)CC)S(=O)(=O)[O-].[Na+]. The van der Waals surface area contributed by atoms with Gasteiger partial charge in [0.25, 0.3) is 0 Å². The van der Waals surface area contributed by atoms with Gasteiger partial charge in [-0.1, -0.05) is 90.9 Å². The van der Waals surface area contributed by atoms with E-state index >= 15 is 0 Å². The van der Waals surface area contributed by atoms with E-state index in [0.29, 0.717) is 12.8 Å². The van der Waals surface area contributed by atoms with Crippen molar-refractivity contribution in [2.24, 2.45) is 0 Å². The van der Waals surface area contributed by atoms with Crippen LogP contribution in [0.5, 0.6) is 0 Å². The van der Waals surface area contributed by atoms with Gasteiger partial charge in [0, 0.05) is 5.25 Å². The summed E-state index contributed by atoms with van der Waals surface area (Å²) in [5.41, 5.74) is 0. The molecule has 2 atom stereocenters. The van der Waals surface area contributed by atoms with Gasteiger partial charge in [-0.05, 0) is 25.7 Å². The smallest absolute Gasteiger partial charge is 0.748 e. The molecule has 0 saturated heterocycles. The standard InChI is InChI=1S/C20H42O4S.Na/c1-3-5-6-10-14-17-20(25(22,23)24)18-15-12-9-7-8-11-13-16-19(21)4-2;/h19-21H,3-18H2,1-2H3,(H,22,23,24);/q;+1/p-1. The summed E-state index contributed by atoms with van der Waals surface area (Å²) >= 11 is 0. The molecule has 152 valence electrons. The first-order valence-electron chi connectivity index (χ1n) is 10.5. The second kappa shape index (κ2) is 19.2. The van der Waals surface area contributed by atoms with Crippen molar-refractivity contribution in [1.29, 1.82) is 0 Å². The van der Waals surface area contributed by atoms with E-state index in [2.05, 4.69) is 6.92 Å². The van der Waals surface area contributed by atoms with E-state index in [9.17, 15) is 18.1 Å². The van der Waals surface area contributed by atoms with Crippen LogP contribution >= 0.6 is 0 Å². The Morgan fingerprint density at radius 3 is 1.50 bits per heavy atom. The van der Waals surface area contributed by atoms with E-state index in [1.54, 1.807) is 0 Å². The van der Waals surface area contributed by atoms with Gasteiger partial charge in [0.15, 0.2) is 0 Å². The van der Waals surface area contributed by atoms with Gasteiger partial charge >= 0.3 is 29.6 Å². The fourth-order valence-corrected chi connectivity index (χ4v) is 4.16. The molecule has 0 aromatic heterocycles. The molecule has 0 heterocycles. The van der Waals surface area contributed by atoms with E-state index in [1.165, 1.54) is 19.3 Å². The number of rotatable bonds is 18. The quantitative estimate of drug-likeness (QED) is 0.218. The van der Waals surface area contributed by atoms with Crippen molar-refractivity contribution in [2.45, 2.75) is 128 Å². The third kappa shape index (κ3) is 18.2. The maximum absolute atomic E-state index is 11.4. The van der Waals surface area contributed by atoms with E-state index in [4.69, 9.17) is 0 Å². The van der Waals surface area contributed by atoms with E-state index in [-0.39, 0.29) is 35.7 Å². The number of unbranched alkanes of at least 4 members (excludes halogenated alkanes) is 10. The number of aliphatic hydroxyl groups excluding tert-OH is 1. The fourth-order valence-electron chi connectivity index (χ4n) is 3.25. The topological polar surface area (TPSA) is 77.4 Å². The molecule has 0 aromatic carbocycles. The fraction of sp³-hybridized carbons (Fsp3) is 1.00. The first-order valence-corrected chi connectivity index (χ1v) is 12.0. The number of aliphatic hydroxyl groups is 1. The molecular weight excluding hydrogens is 359 g/mol. The maximum Gasteiger partial charge on any atom is 1.00 e. The largest absolute Gasteiger partial charge is 1.00 e. The van der Waals surface area contributed by atoms with Crippen LogP contribution in [0.25, 0.3) is 0 Å². The molecule has 0 spiro atoms. The number of hydrogen-bond donors (Lipinski definition) is 1. The Bertz CT molecular complexity index is 387. The van der Waals surface area contributed by atoms with Crippen molar-refractivity contribution in [3.05, 3.63) is 0 Å². The molecule has 0 aliphatic rings. The molecule has 0 amide bonds. The predicted molar refractivity (Wildman–Crippen MR) is 105 cm³/mol. The van der Waals surface area contributed by atoms with Crippen LogP contribution in [0, 0.1) is 0 Å². The molecule has 0 bridgehead atoms. The molecule has 2 unspecified atom stereocenters. The van der Waals surface area contributed by atoms with Crippen molar-refractivity contribution in [3.8, 4) is 0 Å². The average molecular weight is 401 g/mol. The summed E-state index contributed by atoms with van der Waals surface area (Å²) < 4.78 is 34.2. The van der Waals surface area contributed by atoms with Crippen LogP contribution in [0.1, 0.15) is 117 Å². The van der Waals surface area contributed by atoms with E-state index in [1.807, 2.05) is 6.92 Å². The van der Waals surface area contributed by atoms with Crippen molar-refractivity contribution >= 4 is 10.1 Å². The molecule has 4 nitrogen and oxygen atoms in total. The zero-order valence-corrected chi connectivity index (χ0v) is 20.4. The van der Waals surface area contributed by atoms with Crippen molar-refractivity contribution in [1.82, 2.24) is 0 Å². The van der Waals surface area contributed by atoms with Gasteiger partial charge in [-0.25, -0.2) is 8.42 Å². The maximum atomic E-state index is 11.4. The molecule has 0 rings (SSSR count). The van der Waals surface area contributed by atoms with E-state index < -0.39 is 15.4 Å². The van der Waals surface area contributed by atoms with E-state index in [0.717, 1.165) is 70.6 Å². The van der Waals surface area contributed by atoms with Crippen LogP contribution in [0.2, 0.25) is 0 Å². The van der Waals surface area contributed by atoms with Gasteiger partial charge in [0.05, 0.1) is 16.2 Å². The summed E-state index contributed by atoms with van der Waals surface area (Å²) in [5, 5.41) is 8.80. The first-order chi connectivity index (χ1) is 11.9. The monoisotopic (exact) mass is 400 g/mol. The zero-order valence-electron chi connectivity index (χ0n) is 17.5. The predicted octanol–water partition coefficient (Wildman–Crippen LogP) is 2.55. The van der Waals surface area contributed by atoms with Crippen LogP contribution in [-0.4, -0.2) is 29.4 Å². The minimum Gasteiger partial charge on any atom is -0.748 e. The zero-order chi connectivity index (χ0) is 19.0. The van der Waals surface area contributed by atoms with Crippen LogP contribution in [0.3, 0.4) is 0 Å². The molecule has 6 heteroatoms. The van der Waals surface area contributed by atoms with Crippen LogP contribution in [-0.2, 0) is 10.1 Å². The van der Waals surface area contributed by atoms with Gasteiger partial charge in [0.2, 0.25) is 0 Å². The Kier molecular flexibility index (Phi) is 21.5. The van der Waals surface area contributed by atoms with Gasteiger partial charge in [-0.3, -0.25) is 0 Å². The summed E-state index contributed by atoms with van der Waals surface area (Å²) in [6.45, 7) is 4.16. The Hall–Kier alpha value is 0.870. The van der Waals surface area contributed by atoms with Crippen molar-refractivity contribution < 1.29 is 47.6 Å². The molecule has 1 N–H and O–H groups in total. The summed E-state index contributed by atoms with van der Waals surface area (Å²) in [7, 11) is -4.15. The summed E-state index contributed by atoms with van der Waals surface area (Å²) in [6.07, 6.45) is 15.6. The van der Waals surface area contributed by atoms with Gasteiger partial charge < -0.3 is 9.66 Å². The number of hydrogen-bond acceptors (Lipinski definition) is 4. The summed E-state index contributed by atoms with van der Waals surface area (Å²) in [5.74, 6) is 0. The third-order valence-corrected chi connectivity index (χ3v) is 6.36. The third-order valence-electron chi connectivity index (χ3n) is 5.07. The van der Waals surface area contributed by atoms with Crippen molar-refractivity contribution in [2.75, 3.05) is 0 Å². The molecule has 0 radical (unpaired) electrons. The molecule has 0 aliphatic heterocycles. The van der Waals surface area contributed by atoms with Gasteiger partial charge in [0.1, 0.15) is 0 Å². The van der Waals surface area contributed by atoms with Gasteiger partial charge in [-0.15, -0.1) is 0 Å².